The molecule has 1 aliphatic heterocycles. The van der Waals surface area contributed by atoms with Crippen LogP contribution in [0.2, 0.25) is 0 Å². The number of furan rings is 1. The summed E-state index contributed by atoms with van der Waals surface area (Å²) in [5.41, 5.74) is 1.73. The van der Waals surface area contributed by atoms with Gasteiger partial charge in [-0.25, -0.2) is 0 Å². The molecule has 0 saturated heterocycles. The minimum Gasteiger partial charge on any atom is -0.486 e. The summed E-state index contributed by atoms with van der Waals surface area (Å²) in [5.74, 6) is -0.485. The van der Waals surface area contributed by atoms with E-state index >= 15 is 0 Å². The molecule has 2 atom stereocenters. The lowest BCUT2D eigenvalue weighted by atomic mass is 9.94. The number of ether oxygens (including phenoxy) is 2. The van der Waals surface area contributed by atoms with Gasteiger partial charge in [-0.2, -0.15) is 0 Å². The van der Waals surface area contributed by atoms with E-state index in [9.17, 15) is 9.59 Å². The number of Topliss-reactive ketones (excluding diaryl/α,β-unsaturated/α-hetero) is 1. The maximum atomic E-state index is 13.1. The SMILES string of the molecule is CC(C)C(=O)OC1C(=O)c2c(ccc3oc4ccccc4c23)OC1C. The van der Waals surface area contributed by atoms with E-state index in [1.807, 2.05) is 24.3 Å². The monoisotopic (exact) mass is 338 g/mol. The molecule has 2 heterocycles. The summed E-state index contributed by atoms with van der Waals surface area (Å²) < 4.78 is 17.1. The number of para-hydroxylation sites is 1. The Morgan fingerprint density at radius 1 is 1.12 bits per heavy atom. The first-order valence-corrected chi connectivity index (χ1v) is 8.33. The van der Waals surface area contributed by atoms with Crippen molar-refractivity contribution in [3.05, 3.63) is 42.0 Å². The van der Waals surface area contributed by atoms with Gasteiger partial charge in [-0.1, -0.05) is 32.0 Å². The smallest absolute Gasteiger partial charge is 0.309 e. The van der Waals surface area contributed by atoms with E-state index in [0.717, 1.165) is 5.39 Å². The molecule has 0 N–H and O–H groups in total. The predicted octanol–water partition coefficient (Wildman–Crippen LogP) is 4.12. The van der Waals surface area contributed by atoms with Gasteiger partial charge in [-0.15, -0.1) is 0 Å². The van der Waals surface area contributed by atoms with E-state index in [4.69, 9.17) is 13.9 Å². The average molecular weight is 338 g/mol. The molecule has 25 heavy (non-hydrogen) atoms. The normalized spacial score (nSPS) is 19.9. The summed E-state index contributed by atoms with van der Waals surface area (Å²) in [6.45, 7) is 5.20. The van der Waals surface area contributed by atoms with Crippen LogP contribution >= 0.6 is 0 Å². The molecule has 0 spiro atoms. The average Bonchev–Trinajstić information content (AvgIpc) is 2.96. The maximum absolute atomic E-state index is 13.1. The van der Waals surface area contributed by atoms with Gasteiger partial charge in [-0.3, -0.25) is 9.59 Å². The number of hydrogen-bond acceptors (Lipinski definition) is 5. The fourth-order valence-corrected chi connectivity index (χ4v) is 3.17. The van der Waals surface area contributed by atoms with Crippen molar-refractivity contribution in [1.29, 1.82) is 0 Å². The second kappa shape index (κ2) is 5.62. The third kappa shape index (κ3) is 2.38. The van der Waals surface area contributed by atoms with E-state index in [1.165, 1.54) is 0 Å². The molecule has 2 unspecified atom stereocenters. The van der Waals surface area contributed by atoms with Crippen LogP contribution in [0.15, 0.2) is 40.8 Å². The number of ketones is 1. The van der Waals surface area contributed by atoms with Crippen LogP contribution in [0.5, 0.6) is 5.75 Å². The second-order valence-corrected chi connectivity index (χ2v) is 6.61. The van der Waals surface area contributed by atoms with Crippen molar-refractivity contribution in [2.45, 2.75) is 33.0 Å². The van der Waals surface area contributed by atoms with E-state index in [-0.39, 0.29) is 11.7 Å². The molecule has 3 aromatic rings. The minimum atomic E-state index is -0.957. The summed E-state index contributed by atoms with van der Waals surface area (Å²) in [6.07, 6.45) is -1.50. The first kappa shape index (κ1) is 15.7. The Morgan fingerprint density at radius 2 is 1.88 bits per heavy atom. The third-order valence-corrected chi connectivity index (χ3v) is 4.46. The van der Waals surface area contributed by atoms with Gasteiger partial charge in [0.15, 0.2) is 0 Å². The molecule has 0 bridgehead atoms. The molecule has 1 aromatic heterocycles. The molecule has 0 aliphatic carbocycles. The highest BCUT2D eigenvalue weighted by Gasteiger charge is 2.39. The summed E-state index contributed by atoms with van der Waals surface area (Å²) in [6, 6.07) is 11.1. The lowest BCUT2D eigenvalue weighted by molar-refractivity contribution is -0.154. The van der Waals surface area contributed by atoms with Gasteiger partial charge < -0.3 is 13.9 Å². The van der Waals surface area contributed by atoms with Crippen LogP contribution in [0.4, 0.5) is 0 Å². The van der Waals surface area contributed by atoms with Crippen molar-refractivity contribution in [3.63, 3.8) is 0 Å². The second-order valence-electron chi connectivity index (χ2n) is 6.61. The zero-order chi connectivity index (χ0) is 17.7. The number of rotatable bonds is 2. The van der Waals surface area contributed by atoms with Gasteiger partial charge in [0.2, 0.25) is 11.9 Å². The molecular weight excluding hydrogens is 320 g/mol. The number of benzene rings is 2. The lowest BCUT2D eigenvalue weighted by Gasteiger charge is -2.30. The van der Waals surface area contributed by atoms with Crippen molar-refractivity contribution in [3.8, 4) is 5.75 Å². The van der Waals surface area contributed by atoms with Crippen LogP contribution in [0.25, 0.3) is 21.9 Å². The van der Waals surface area contributed by atoms with Gasteiger partial charge in [0.25, 0.3) is 0 Å². The molecule has 1 aliphatic rings. The fourth-order valence-electron chi connectivity index (χ4n) is 3.17. The summed E-state index contributed by atoms with van der Waals surface area (Å²) in [4.78, 5) is 25.1. The van der Waals surface area contributed by atoms with Gasteiger partial charge in [0.05, 0.1) is 11.5 Å². The Kier molecular flexibility index (Phi) is 3.53. The number of hydrogen-bond donors (Lipinski definition) is 0. The summed E-state index contributed by atoms with van der Waals surface area (Å²) >= 11 is 0. The largest absolute Gasteiger partial charge is 0.486 e. The topological polar surface area (TPSA) is 65.7 Å². The molecule has 0 saturated carbocycles. The first-order valence-electron chi connectivity index (χ1n) is 8.33. The van der Waals surface area contributed by atoms with Crippen molar-refractivity contribution in [1.82, 2.24) is 0 Å². The van der Waals surface area contributed by atoms with Crippen molar-refractivity contribution in [2.24, 2.45) is 5.92 Å². The van der Waals surface area contributed by atoms with Gasteiger partial charge >= 0.3 is 5.97 Å². The molecule has 0 radical (unpaired) electrons. The summed E-state index contributed by atoms with van der Waals surface area (Å²) in [7, 11) is 0. The highest BCUT2D eigenvalue weighted by atomic mass is 16.6. The lowest BCUT2D eigenvalue weighted by Crippen LogP contribution is -2.44. The maximum Gasteiger partial charge on any atom is 0.309 e. The third-order valence-electron chi connectivity index (χ3n) is 4.46. The fraction of sp³-hybridized carbons (Fsp3) is 0.300. The summed E-state index contributed by atoms with van der Waals surface area (Å²) in [5, 5.41) is 1.55. The quantitative estimate of drug-likeness (QED) is 0.658. The number of carbonyl (C=O) groups is 2. The van der Waals surface area contributed by atoms with Crippen molar-refractivity contribution in [2.75, 3.05) is 0 Å². The zero-order valence-corrected chi connectivity index (χ0v) is 14.2. The van der Waals surface area contributed by atoms with Crippen LogP contribution in [-0.4, -0.2) is 24.0 Å². The highest BCUT2D eigenvalue weighted by molar-refractivity contribution is 6.20. The molecule has 2 aromatic carbocycles. The van der Waals surface area contributed by atoms with Crippen LogP contribution < -0.4 is 4.74 Å². The van der Waals surface area contributed by atoms with Gasteiger partial charge in [0, 0.05) is 10.8 Å². The Morgan fingerprint density at radius 3 is 2.64 bits per heavy atom. The number of carbonyl (C=O) groups excluding carboxylic acids is 2. The Hall–Kier alpha value is -2.82. The van der Waals surface area contributed by atoms with Crippen LogP contribution in [0.3, 0.4) is 0 Å². The van der Waals surface area contributed by atoms with Crippen molar-refractivity contribution >= 4 is 33.7 Å². The van der Waals surface area contributed by atoms with E-state index in [0.29, 0.717) is 27.9 Å². The zero-order valence-electron chi connectivity index (χ0n) is 14.2. The molecule has 5 nitrogen and oxygen atoms in total. The Labute approximate surface area is 144 Å². The molecule has 5 heteroatoms. The molecule has 128 valence electrons. The van der Waals surface area contributed by atoms with E-state index < -0.39 is 18.2 Å². The van der Waals surface area contributed by atoms with E-state index in [2.05, 4.69) is 0 Å². The predicted molar refractivity (Wildman–Crippen MR) is 92.9 cm³/mol. The Balaban J connectivity index is 1.89. The van der Waals surface area contributed by atoms with Crippen LogP contribution in [0.1, 0.15) is 31.1 Å². The van der Waals surface area contributed by atoms with Crippen LogP contribution in [0, 0.1) is 5.92 Å². The first-order chi connectivity index (χ1) is 12.0. The van der Waals surface area contributed by atoms with Gasteiger partial charge in [-0.05, 0) is 25.1 Å². The molecular formula is C20H18O5. The molecule has 4 rings (SSSR count). The Bertz CT molecular complexity index is 998. The highest BCUT2D eigenvalue weighted by Crippen LogP contribution is 2.39. The molecule has 0 fully saturated rings. The van der Waals surface area contributed by atoms with E-state index in [1.54, 1.807) is 32.9 Å². The molecule has 0 amide bonds. The van der Waals surface area contributed by atoms with Crippen LogP contribution in [-0.2, 0) is 9.53 Å². The minimum absolute atomic E-state index is 0.250. The number of esters is 1. The van der Waals surface area contributed by atoms with Gasteiger partial charge in [0.1, 0.15) is 23.0 Å². The number of fused-ring (bicyclic) bond motifs is 5. The van der Waals surface area contributed by atoms with Crippen molar-refractivity contribution < 1.29 is 23.5 Å². The standard InChI is InChI=1S/C20H18O5/c1-10(2)20(22)25-19-11(3)23-15-9-8-14-16(17(15)18(19)21)12-6-4-5-7-13(12)24-14/h4-11,19H,1-3H3.